The van der Waals surface area contributed by atoms with Gasteiger partial charge in [-0.15, -0.1) is 0 Å². The Morgan fingerprint density at radius 2 is 1.00 bits per heavy atom. The zero-order chi connectivity index (χ0) is 8.08. The summed E-state index contributed by atoms with van der Waals surface area (Å²) in [6.45, 7) is 0. The van der Waals surface area contributed by atoms with Crippen LogP contribution in [0.1, 0.15) is 0 Å². The Labute approximate surface area is 109 Å². The van der Waals surface area contributed by atoms with Gasteiger partial charge in [0.05, 0.1) is 0 Å². The molecule has 0 aromatic heterocycles. The van der Waals surface area contributed by atoms with Crippen molar-refractivity contribution in [1.82, 2.24) is 0 Å². The predicted molar refractivity (Wildman–Crippen MR) is 39.4 cm³/mol. The van der Waals surface area contributed by atoms with Crippen LogP contribution in [0.3, 0.4) is 0 Å². The molecule has 0 aliphatic rings. The first kappa shape index (κ1) is 22.9. The van der Waals surface area contributed by atoms with Crippen molar-refractivity contribution in [3.63, 3.8) is 0 Å². The fourth-order valence-corrected chi connectivity index (χ4v) is 0. The van der Waals surface area contributed by atoms with Crippen molar-refractivity contribution >= 4 is 78.7 Å². The molecule has 0 amide bonds. The quantitative estimate of drug-likeness (QED) is 0.247. The second-order valence-corrected chi connectivity index (χ2v) is 2.19. The Balaban J connectivity index is -0.0000000383. The molecule has 0 aliphatic heterocycles. The van der Waals surface area contributed by atoms with E-state index in [-0.39, 0.29) is 59.1 Å². The summed E-state index contributed by atoms with van der Waals surface area (Å²) in [6, 6.07) is 0. The van der Waals surface area contributed by atoms with E-state index in [2.05, 4.69) is 0 Å². The van der Waals surface area contributed by atoms with Crippen molar-refractivity contribution < 1.29 is 31.6 Å². The second-order valence-electron chi connectivity index (χ2n) is 0.730. The maximum absolute atomic E-state index is 8.74. The van der Waals surface area contributed by atoms with Crippen LogP contribution >= 0.6 is 0 Å². The first-order chi connectivity index (χ1) is 3.73. The van der Waals surface area contributed by atoms with E-state index < -0.39 is 19.6 Å². The van der Waals surface area contributed by atoms with Crippen LogP contribution in [0.4, 0.5) is 0 Å². The summed E-state index contributed by atoms with van der Waals surface area (Å²) in [5.41, 5.74) is 0. The molecular weight excluding hydrogens is 218 g/mol. The van der Waals surface area contributed by atoms with Crippen molar-refractivity contribution in [2.45, 2.75) is 0 Å². The van der Waals surface area contributed by atoms with E-state index in [0.717, 1.165) is 0 Å². The molecule has 0 aromatic carbocycles. The Morgan fingerprint density at radius 3 is 1.00 bits per heavy atom. The first-order valence-corrected chi connectivity index (χ1v) is 4.05. The van der Waals surface area contributed by atoms with Gasteiger partial charge in [0.1, 0.15) is 0 Å². The van der Waals surface area contributed by atoms with Gasteiger partial charge in [0.2, 0.25) is 0 Å². The molecule has 0 unspecified atom stereocenters. The standard InChI is InChI=1S/2Na.H2O4S.H2O3Si.2H/c;;1-5(2,3)4;1-4(2)3;;/h;;(H2,1,2,3,4);1-2H;;. The van der Waals surface area contributed by atoms with E-state index in [4.69, 9.17) is 31.6 Å². The molecule has 0 heterocycles. The monoisotopic (exact) mass is 224 g/mol. The second kappa shape index (κ2) is 11.5. The summed E-state index contributed by atoms with van der Waals surface area (Å²) < 4.78 is 40.3. The van der Waals surface area contributed by atoms with Gasteiger partial charge in [0, 0.05) is 0 Å². The van der Waals surface area contributed by atoms with E-state index in [0.29, 0.717) is 0 Å². The van der Waals surface area contributed by atoms with Crippen LogP contribution < -0.4 is 0 Å². The minimum atomic E-state index is -4.67. The summed E-state index contributed by atoms with van der Waals surface area (Å²) in [4.78, 5) is 14.3. The molecule has 0 spiro atoms. The third kappa shape index (κ3) is 468. The van der Waals surface area contributed by atoms with Gasteiger partial charge in [0.25, 0.3) is 0 Å². The third-order valence-electron chi connectivity index (χ3n) is 0. The van der Waals surface area contributed by atoms with Gasteiger partial charge in [-0.2, -0.15) is 8.42 Å². The summed E-state index contributed by atoms with van der Waals surface area (Å²) in [6.07, 6.45) is 0. The molecule has 11 heteroatoms. The van der Waals surface area contributed by atoms with Gasteiger partial charge in [0.15, 0.2) is 0 Å². The molecule has 0 bridgehead atoms. The molecule has 0 atom stereocenters. The average Bonchev–Trinajstić information content (AvgIpc) is 1.19. The summed E-state index contributed by atoms with van der Waals surface area (Å²) in [5.74, 6) is 0. The molecule has 11 heavy (non-hydrogen) atoms. The van der Waals surface area contributed by atoms with Crippen molar-refractivity contribution in [1.29, 1.82) is 0 Å². The molecular formula is H6Na2O7SSi. The van der Waals surface area contributed by atoms with Crippen LogP contribution in [0.5, 0.6) is 0 Å². The van der Waals surface area contributed by atoms with E-state index in [1.165, 1.54) is 0 Å². The van der Waals surface area contributed by atoms with E-state index >= 15 is 0 Å². The Kier molecular flexibility index (Phi) is 23.9. The molecule has 60 valence electrons. The Hall–Kier alpha value is 1.49. The van der Waals surface area contributed by atoms with Gasteiger partial charge in [-0.1, -0.05) is 0 Å². The summed E-state index contributed by atoms with van der Waals surface area (Å²) in [5, 5.41) is 0. The van der Waals surface area contributed by atoms with Gasteiger partial charge in [-0.25, -0.2) is 0 Å². The molecule has 0 saturated heterocycles. The normalized spacial score (nSPS) is 7.45. The first-order valence-electron chi connectivity index (χ1n) is 1.35. The Bertz CT molecular complexity index is 159. The van der Waals surface area contributed by atoms with Gasteiger partial charge >= 0.3 is 78.7 Å². The maximum atomic E-state index is 8.74. The predicted octanol–water partition coefficient (Wildman–Crippen LogP) is -3.56. The zero-order valence-corrected chi connectivity index (χ0v) is 5.74. The molecule has 0 aromatic rings. The van der Waals surface area contributed by atoms with Crippen LogP contribution in [0.25, 0.3) is 0 Å². The Morgan fingerprint density at radius 1 is 1.00 bits per heavy atom. The minimum absolute atomic E-state index is 0. The zero-order valence-electron chi connectivity index (χ0n) is 3.92. The number of rotatable bonds is 0. The molecule has 0 saturated carbocycles. The van der Waals surface area contributed by atoms with E-state index in [1.54, 1.807) is 0 Å². The van der Waals surface area contributed by atoms with Crippen LogP contribution in [-0.4, -0.2) is 95.4 Å². The molecule has 0 fully saturated rings. The molecule has 0 aliphatic carbocycles. The van der Waals surface area contributed by atoms with Crippen molar-refractivity contribution in [2.75, 3.05) is 0 Å². The molecule has 7 nitrogen and oxygen atoms in total. The summed E-state index contributed by atoms with van der Waals surface area (Å²) >= 11 is 0. The van der Waals surface area contributed by atoms with Crippen LogP contribution in [0, 0.1) is 0 Å². The van der Waals surface area contributed by atoms with Crippen molar-refractivity contribution in [3.05, 3.63) is 0 Å². The van der Waals surface area contributed by atoms with E-state index in [1.807, 2.05) is 0 Å². The molecule has 0 rings (SSSR count). The fourth-order valence-electron chi connectivity index (χ4n) is 0. The van der Waals surface area contributed by atoms with Gasteiger partial charge in [-0.3, -0.25) is 13.6 Å². The molecule has 4 N–H and O–H groups in total. The molecule has 0 radical (unpaired) electrons. The van der Waals surface area contributed by atoms with Crippen LogP contribution in [-0.2, 0) is 14.9 Å². The average molecular weight is 224 g/mol. The van der Waals surface area contributed by atoms with Gasteiger partial charge < -0.3 is 9.59 Å². The number of hydrogen-bond donors (Lipinski definition) is 4. The van der Waals surface area contributed by atoms with Crippen molar-refractivity contribution in [3.8, 4) is 0 Å². The van der Waals surface area contributed by atoms with Crippen LogP contribution in [0.2, 0.25) is 0 Å². The van der Waals surface area contributed by atoms with Crippen molar-refractivity contribution in [2.24, 2.45) is 0 Å². The fraction of sp³-hybridized carbons (Fsp3) is 0. The van der Waals surface area contributed by atoms with Crippen LogP contribution in [0.15, 0.2) is 0 Å². The van der Waals surface area contributed by atoms with E-state index in [9.17, 15) is 0 Å². The summed E-state index contributed by atoms with van der Waals surface area (Å²) in [7, 11) is -7.80. The SMILES string of the molecule is O=S(=O)(O)O.O=[Si](O)O.[NaH].[NaH]. The third-order valence-corrected chi connectivity index (χ3v) is 0. The van der Waals surface area contributed by atoms with Gasteiger partial charge in [-0.05, 0) is 0 Å². The topological polar surface area (TPSA) is 132 Å². The number of hydrogen-bond acceptors (Lipinski definition) is 3.